The van der Waals surface area contributed by atoms with Crippen LogP contribution in [0.3, 0.4) is 0 Å². The zero-order chi connectivity index (χ0) is 13.2. The maximum absolute atomic E-state index is 3.73. The van der Waals surface area contributed by atoms with Gasteiger partial charge in [-0.2, -0.15) is 0 Å². The maximum atomic E-state index is 3.73. The van der Waals surface area contributed by atoms with Crippen LogP contribution in [0.15, 0.2) is 0 Å². The van der Waals surface area contributed by atoms with E-state index in [-0.39, 0.29) is 0 Å². The lowest BCUT2D eigenvalue weighted by Gasteiger charge is -2.49. The number of hydrogen-bond acceptors (Lipinski definition) is 2. The molecule has 2 nitrogen and oxygen atoms in total. The van der Waals surface area contributed by atoms with E-state index in [2.05, 4.69) is 37.9 Å². The van der Waals surface area contributed by atoms with Gasteiger partial charge in [0.15, 0.2) is 0 Å². The molecule has 1 saturated heterocycles. The van der Waals surface area contributed by atoms with Crippen LogP contribution >= 0.6 is 0 Å². The summed E-state index contributed by atoms with van der Waals surface area (Å²) in [6.07, 6.45) is 7.09. The molecule has 1 aliphatic heterocycles. The van der Waals surface area contributed by atoms with Gasteiger partial charge in [0.1, 0.15) is 0 Å². The molecule has 2 heteroatoms. The summed E-state index contributed by atoms with van der Waals surface area (Å²) in [5, 5.41) is 3.73. The van der Waals surface area contributed by atoms with Crippen molar-refractivity contribution in [2.75, 3.05) is 19.6 Å². The molecular formula is C16H32N2. The fourth-order valence-corrected chi connectivity index (χ4v) is 3.67. The third-order valence-corrected chi connectivity index (χ3v) is 5.24. The molecule has 2 fully saturated rings. The Morgan fingerprint density at radius 1 is 1.33 bits per heavy atom. The van der Waals surface area contributed by atoms with Crippen molar-refractivity contribution in [3.05, 3.63) is 0 Å². The van der Waals surface area contributed by atoms with Gasteiger partial charge in [0, 0.05) is 31.7 Å². The van der Waals surface area contributed by atoms with Crippen molar-refractivity contribution in [3.8, 4) is 0 Å². The largest absolute Gasteiger partial charge is 0.311 e. The van der Waals surface area contributed by atoms with Gasteiger partial charge < -0.3 is 5.32 Å². The lowest BCUT2D eigenvalue weighted by molar-refractivity contribution is 0.0234. The predicted octanol–water partition coefficient (Wildman–Crippen LogP) is 3.28. The van der Waals surface area contributed by atoms with E-state index in [1.54, 1.807) is 0 Å². The van der Waals surface area contributed by atoms with Gasteiger partial charge in [-0.15, -0.1) is 0 Å². The molecule has 1 aliphatic carbocycles. The van der Waals surface area contributed by atoms with Crippen LogP contribution in [0.4, 0.5) is 0 Å². The highest BCUT2D eigenvalue weighted by Gasteiger charge is 2.38. The molecule has 18 heavy (non-hydrogen) atoms. The highest BCUT2D eigenvalue weighted by molar-refractivity contribution is 4.93. The molecular weight excluding hydrogens is 220 g/mol. The Balaban J connectivity index is 1.89. The van der Waals surface area contributed by atoms with Gasteiger partial charge in [-0.05, 0) is 43.9 Å². The van der Waals surface area contributed by atoms with E-state index >= 15 is 0 Å². The molecule has 106 valence electrons. The quantitative estimate of drug-likeness (QED) is 0.808. The Morgan fingerprint density at radius 2 is 2.06 bits per heavy atom. The number of piperazine rings is 1. The SMILES string of the molecule is CCC1(CN2CC(CC(C)C)NCC2C)CCC1. The van der Waals surface area contributed by atoms with Gasteiger partial charge in [-0.25, -0.2) is 0 Å². The van der Waals surface area contributed by atoms with E-state index in [1.807, 2.05) is 0 Å². The lowest BCUT2D eigenvalue weighted by Crippen LogP contribution is -2.58. The summed E-state index contributed by atoms with van der Waals surface area (Å²) in [5.74, 6) is 0.807. The minimum atomic E-state index is 0.675. The zero-order valence-electron chi connectivity index (χ0n) is 12.8. The van der Waals surface area contributed by atoms with Gasteiger partial charge in [0.05, 0.1) is 0 Å². The van der Waals surface area contributed by atoms with E-state index < -0.39 is 0 Å². The maximum Gasteiger partial charge on any atom is 0.0198 e. The van der Waals surface area contributed by atoms with Gasteiger partial charge in [0.25, 0.3) is 0 Å². The molecule has 1 heterocycles. The van der Waals surface area contributed by atoms with Crippen molar-refractivity contribution in [2.24, 2.45) is 11.3 Å². The van der Waals surface area contributed by atoms with Crippen LogP contribution in [-0.2, 0) is 0 Å². The molecule has 0 aromatic heterocycles. The van der Waals surface area contributed by atoms with Gasteiger partial charge >= 0.3 is 0 Å². The number of nitrogens with zero attached hydrogens (tertiary/aromatic N) is 1. The highest BCUT2D eigenvalue weighted by atomic mass is 15.2. The molecule has 2 aliphatic rings. The summed E-state index contributed by atoms with van der Waals surface area (Å²) in [5.41, 5.74) is 0.675. The molecule has 1 N–H and O–H groups in total. The first-order chi connectivity index (χ1) is 8.54. The van der Waals surface area contributed by atoms with Gasteiger partial charge in [-0.3, -0.25) is 4.90 Å². The van der Waals surface area contributed by atoms with Crippen molar-refractivity contribution < 1.29 is 0 Å². The molecule has 2 rings (SSSR count). The molecule has 0 bridgehead atoms. The Morgan fingerprint density at radius 3 is 2.56 bits per heavy atom. The van der Waals surface area contributed by atoms with E-state index in [9.17, 15) is 0 Å². The molecule has 0 aromatic carbocycles. The van der Waals surface area contributed by atoms with Crippen molar-refractivity contribution in [1.82, 2.24) is 10.2 Å². The third kappa shape index (κ3) is 3.27. The molecule has 2 atom stereocenters. The van der Waals surface area contributed by atoms with Crippen LogP contribution in [0.25, 0.3) is 0 Å². The Labute approximate surface area is 114 Å². The standard InChI is InChI=1S/C16H32N2/c1-5-16(7-6-8-16)12-18-11-15(9-13(2)3)17-10-14(18)4/h13-15,17H,5-12H2,1-4H3. The minimum Gasteiger partial charge on any atom is -0.311 e. The first kappa shape index (κ1) is 14.3. The van der Waals surface area contributed by atoms with E-state index in [0.717, 1.165) is 18.0 Å². The molecule has 0 spiro atoms. The second-order valence-electron chi connectivity index (χ2n) is 7.22. The average molecular weight is 252 g/mol. The van der Waals surface area contributed by atoms with Crippen LogP contribution < -0.4 is 5.32 Å². The number of rotatable bonds is 5. The fraction of sp³-hybridized carbons (Fsp3) is 1.00. The summed E-state index contributed by atoms with van der Waals surface area (Å²) in [6, 6.07) is 1.44. The van der Waals surface area contributed by atoms with Gasteiger partial charge in [-0.1, -0.05) is 27.2 Å². The normalized spacial score (nSPS) is 32.5. The number of hydrogen-bond donors (Lipinski definition) is 1. The van der Waals surface area contributed by atoms with Crippen LogP contribution in [0.5, 0.6) is 0 Å². The van der Waals surface area contributed by atoms with Crippen LogP contribution in [-0.4, -0.2) is 36.6 Å². The Bertz CT molecular complexity index is 252. The first-order valence-electron chi connectivity index (χ1n) is 8.02. The Hall–Kier alpha value is -0.0800. The summed E-state index contributed by atoms with van der Waals surface area (Å²) in [7, 11) is 0. The minimum absolute atomic E-state index is 0.675. The lowest BCUT2D eigenvalue weighted by atomic mass is 9.66. The Kier molecular flexibility index (Phi) is 4.71. The van der Waals surface area contributed by atoms with Gasteiger partial charge in [0.2, 0.25) is 0 Å². The van der Waals surface area contributed by atoms with Crippen LogP contribution in [0.2, 0.25) is 0 Å². The first-order valence-corrected chi connectivity index (χ1v) is 8.02. The topological polar surface area (TPSA) is 15.3 Å². The zero-order valence-corrected chi connectivity index (χ0v) is 12.8. The highest BCUT2D eigenvalue weighted by Crippen LogP contribution is 2.44. The van der Waals surface area contributed by atoms with Crippen molar-refractivity contribution in [1.29, 1.82) is 0 Å². The fourth-order valence-electron chi connectivity index (χ4n) is 3.67. The summed E-state index contributed by atoms with van der Waals surface area (Å²) >= 11 is 0. The molecule has 2 unspecified atom stereocenters. The van der Waals surface area contributed by atoms with Crippen molar-refractivity contribution in [2.45, 2.75) is 71.9 Å². The van der Waals surface area contributed by atoms with E-state index in [1.165, 1.54) is 51.7 Å². The molecule has 0 amide bonds. The monoisotopic (exact) mass is 252 g/mol. The van der Waals surface area contributed by atoms with E-state index in [4.69, 9.17) is 0 Å². The van der Waals surface area contributed by atoms with Crippen LogP contribution in [0, 0.1) is 11.3 Å². The third-order valence-electron chi connectivity index (χ3n) is 5.24. The van der Waals surface area contributed by atoms with Crippen molar-refractivity contribution in [3.63, 3.8) is 0 Å². The van der Waals surface area contributed by atoms with E-state index in [0.29, 0.717) is 5.41 Å². The van der Waals surface area contributed by atoms with Crippen LogP contribution in [0.1, 0.15) is 59.8 Å². The summed E-state index contributed by atoms with van der Waals surface area (Å²) in [4.78, 5) is 2.77. The smallest absolute Gasteiger partial charge is 0.0198 e. The number of nitrogens with one attached hydrogen (secondary N) is 1. The second kappa shape index (κ2) is 5.92. The summed E-state index contributed by atoms with van der Waals surface area (Å²) in [6.45, 7) is 13.2. The molecule has 0 aromatic rings. The summed E-state index contributed by atoms with van der Waals surface area (Å²) < 4.78 is 0. The average Bonchev–Trinajstić information content (AvgIpc) is 2.27. The molecule has 0 radical (unpaired) electrons. The van der Waals surface area contributed by atoms with Crippen molar-refractivity contribution >= 4 is 0 Å². The predicted molar refractivity (Wildman–Crippen MR) is 78.9 cm³/mol. The molecule has 1 saturated carbocycles. The second-order valence-corrected chi connectivity index (χ2v) is 7.22.